The SMILES string of the molecule is CCCC(CCC)C(=O)O[C@@H]1C[C@@H](C(=O)On2nnc3ccccc32)N(C(=O)OCc2ccccc2)C1. The Labute approximate surface area is 215 Å². The van der Waals surface area contributed by atoms with Gasteiger partial charge in [-0.1, -0.05) is 74.0 Å². The lowest BCUT2D eigenvalue weighted by atomic mass is 9.98. The number of amides is 1. The maximum Gasteiger partial charge on any atom is 0.410 e. The summed E-state index contributed by atoms with van der Waals surface area (Å²) in [5.41, 5.74) is 1.88. The minimum atomic E-state index is -1.01. The number of carbonyl (C=O) groups excluding carboxylic acids is 3. The zero-order valence-corrected chi connectivity index (χ0v) is 21.1. The standard InChI is InChI=1S/C27H32N4O6/c1-3-10-20(11-4-2)25(32)36-21-16-24(26(33)37-31-23-15-9-8-14-22(23)28-29-31)30(17-21)27(34)35-18-19-12-6-5-7-13-19/h5-9,12-15,20-21,24H,3-4,10-11,16-18H2,1-2H3/t21-,24+/m1/s1. The highest BCUT2D eigenvalue weighted by molar-refractivity contribution is 5.83. The van der Waals surface area contributed by atoms with Gasteiger partial charge in [-0.2, -0.15) is 0 Å². The molecule has 1 aromatic heterocycles. The van der Waals surface area contributed by atoms with Crippen LogP contribution in [0.4, 0.5) is 4.79 Å². The number of aromatic nitrogens is 3. The third kappa shape index (κ3) is 6.44. The van der Waals surface area contributed by atoms with E-state index in [9.17, 15) is 14.4 Å². The van der Waals surface area contributed by atoms with Crippen LogP contribution >= 0.6 is 0 Å². The zero-order valence-electron chi connectivity index (χ0n) is 21.1. The maximum atomic E-state index is 13.2. The van der Waals surface area contributed by atoms with Gasteiger partial charge in [0.1, 0.15) is 29.8 Å². The van der Waals surface area contributed by atoms with Crippen molar-refractivity contribution < 1.29 is 28.7 Å². The third-order valence-electron chi connectivity index (χ3n) is 6.36. The second-order valence-electron chi connectivity index (χ2n) is 9.14. The first kappa shape index (κ1) is 26.1. The highest BCUT2D eigenvalue weighted by Crippen LogP contribution is 2.25. The van der Waals surface area contributed by atoms with Gasteiger partial charge in [0, 0.05) is 6.42 Å². The summed E-state index contributed by atoms with van der Waals surface area (Å²) in [7, 11) is 0. The maximum absolute atomic E-state index is 13.2. The van der Waals surface area contributed by atoms with Crippen LogP contribution in [0.5, 0.6) is 0 Å². The van der Waals surface area contributed by atoms with E-state index in [4.69, 9.17) is 14.3 Å². The molecule has 0 unspecified atom stereocenters. The molecule has 1 amide bonds. The number of hydrogen-bond donors (Lipinski definition) is 0. The molecule has 0 aliphatic carbocycles. The van der Waals surface area contributed by atoms with Crippen LogP contribution in [0.3, 0.4) is 0 Å². The van der Waals surface area contributed by atoms with Gasteiger partial charge in [0.15, 0.2) is 0 Å². The Kier molecular flexibility index (Phi) is 8.71. The highest BCUT2D eigenvalue weighted by atomic mass is 16.7. The molecule has 196 valence electrons. The quantitative estimate of drug-likeness (QED) is 0.299. The van der Waals surface area contributed by atoms with E-state index in [2.05, 4.69) is 10.3 Å². The Balaban J connectivity index is 1.48. The molecule has 2 atom stereocenters. The molecule has 1 fully saturated rings. The van der Waals surface area contributed by atoms with E-state index in [1.54, 1.807) is 24.3 Å². The summed E-state index contributed by atoms with van der Waals surface area (Å²) in [5.74, 6) is -1.23. The molecular formula is C27H32N4O6. The smallest absolute Gasteiger partial charge is 0.410 e. The number of hydrogen-bond acceptors (Lipinski definition) is 8. The fraction of sp³-hybridized carbons (Fsp3) is 0.444. The molecule has 10 heteroatoms. The minimum Gasteiger partial charge on any atom is -0.460 e. The van der Waals surface area contributed by atoms with Gasteiger partial charge < -0.3 is 14.3 Å². The molecule has 0 N–H and O–H groups in total. The van der Waals surface area contributed by atoms with Crippen molar-refractivity contribution in [3.05, 3.63) is 60.2 Å². The van der Waals surface area contributed by atoms with Crippen molar-refractivity contribution in [2.75, 3.05) is 6.54 Å². The Morgan fingerprint density at radius 2 is 1.70 bits per heavy atom. The molecule has 3 aromatic rings. The Morgan fingerprint density at radius 3 is 2.43 bits per heavy atom. The minimum absolute atomic E-state index is 0.0300. The molecule has 2 aromatic carbocycles. The summed E-state index contributed by atoms with van der Waals surface area (Å²) in [4.78, 5) is 46.9. The van der Waals surface area contributed by atoms with E-state index < -0.39 is 24.2 Å². The third-order valence-corrected chi connectivity index (χ3v) is 6.36. The first-order valence-corrected chi connectivity index (χ1v) is 12.7. The van der Waals surface area contributed by atoms with Gasteiger partial charge in [0.2, 0.25) is 0 Å². The second-order valence-corrected chi connectivity index (χ2v) is 9.14. The summed E-state index contributed by atoms with van der Waals surface area (Å²) < 4.78 is 11.3. The van der Waals surface area contributed by atoms with Crippen LogP contribution in [0.25, 0.3) is 11.0 Å². The Morgan fingerprint density at radius 1 is 1.00 bits per heavy atom. The fourth-order valence-electron chi connectivity index (χ4n) is 4.51. The highest BCUT2D eigenvalue weighted by Gasteiger charge is 2.44. The number of ether oxygens (including phenoxy) is 2. The molecule has 37 heavy (non-hydrogen) atoms. The Hall–Kier alpha value is -3.95. The van der Waals surface area contributed by atoms with Gasteiger partial charge in [0.05, 0.1) is 12.5 Å². The van der Waals surface area contributed by atoms with Gasteiger partial charge >= 0.3 is 18.0 Å². The summed E-state index contributed by atoms with van der Waals surface area (Å²) in [6.07, 6.45) is 1.94. The number of fused-ring (bicyclic) bond motifs is 1. The van der Waals surface area contributed by atoms with E-state index in [0.717, 1.165) is 36.1 Å². The zero-order chi connectivity index (χ0) is 26.2. The van der Waals surface area contributed by atoms with E-state index in [1.807, 2.05) is 44.2 Å². The molecule has 0 spiro atoms. The topological polar surface area (TPSA) is 113 Å². The summed E-state index contributed by atoms with van der Waals surface area (Å²) in [6, 6.07) is 15.3. The summed E-state index contributed by atoms with van der Waals surface area (Å²) in [6.45, 7) is 4.12. The molecule has 1 aliphatic rings. The lowest BCUT2D eigenvalue weighted by Crippen LogP contribution is -2.44. The molecule has 2 heterocycles. The molecule has 0 saturated carbocycles. The van der Waals surface area contributed by atoms with Crippen molar-refractivity contribution in [3.8, 4) is 0 Å². The molecule has 0 radical (unpaired) electrons. The van der Waals surface area contributed by atoms with Gasteiger partial charge in [-0.05, 0) is 35.8 Å². The number of benzene rings is 2. The summed E-state index contributed by atoms with van der Waals surface area (Å²) in [5, 5.41) is 7.87. The van der Waals surface area contributed by atoms with Crippen LogP contribution in [-0.2, 0) is 25.7 Å². The Bertz CT molecular complexity index is 1210. The van der Waals surface area contributed by atoms with E-state index >= 15 is 0 Å². The first-order valence-electron chi connectivity index (χ1n) is 12.7. The predicted octanol–water partition coefficient (Wildman–Crippen LogP) is 3.93. The van der Waals surface area contributed by atoms with Gasteiger partial charge in [-0.15, -0.1) is 5.10 Å². The van der Waals surface area contributed by atoms with Crippen molar-refractivity contribution in [3.63, 3.8) is 0 Å². The van der Waals surface area contributed by atoms with Crippen LogP contribution in [-0.4, -0.2) is 56.8 Å². The number of nitrogens with zero attached hydrogens (tertiary/aromatic N) is 4. The van der Waals surface area contributed by atoms with Crippen molar-refractivity contribution >= 4 is 29.1 Å². The molecule has 0 bridgehead atoms. The molecule has 1 aliphatic heterocycles. The van der Waals surface area contributed by atoms with E-state index in [0.29, 0.717) is 11.0 Å². The second kappa shape index (κ2) is 12.3. The van der Waals surface area contributed by atoms with Crippen LogP contribution < -0.4 is 4.84 Å². The van der Waals surface area contributed by atoms with Crippen molar-refractivity contribution in [2.45, 2.75) is 64.7 Å². The number of para-hydroxylation sites is 1. The normalized spacial score (nSPS) is 17.2. The molecule has 1 saturated heterocycles. The molecule has 4 rings (SSSR count). The van der Waals surface area contributed by atoms with Gasteiger partial charge in [-0.3, -0.25) is 9.69 Å². The van der Waals surface area contributed by atoms with Crippen LogP contribution in [0.15, 0.2) is 54.6 Å². The number of carbonyl (C=O) groups is 3. The monoisotopic (exact) mass is 508 g/mol. The van der Waals surface area contributed by atoms with Crippen LogP contribution in [0, 0.1) is 5.92 Å². The van der Waals surface area contributed by atoms with Crippen molar-refractivity contribution in [1.82, 2.24) is 20.1 Å². The van der Waals surface area contributed by atoms with E-state index in [1.165, 1.54) is 4.90 Å². The lowest BCUT2D eigenvalue weighted by Gasteiger charge is -2.22. The molecule has 10 nitrogen and oxygen atoms in total. The van der Waals surface area contributed by atoms with Crippen molar-refractivity contribution in [2.24, 2.45) is 5.92 Å². The van der Waals surface area contributed by atoms with Gasteiger partial charge in [0.25, 0.3) is 0 Å². The predicted molar refractivity (Wildman–Crippen MR) is 134 cm³/mol. The number of esters is 1. The van der Waals surface area contributed by atoms with Crippen LogP contribution in [0.2, 0.25) is 0 Å². The van der Waals surface area contributed by atoms with Gasteiger partial charge in [-0.25, -0.2) is 9.59 Å². The van der Waals surface area contributed by atoms with Crippen molar-refractivity contribution in [1.29, 1.82) is 0 Å². The largest absolute Gasteiger partial charge is 0.460 e. The number of likely N-dealkylation sites (tertiary alicyclic amines) is 1. The average Bonchev–Trinajstić information content (AvgIpc) is 3.52. The average molecular weight is 509 g/mol. The lowest BCUT2D eigenvalue weighted by molar-refractivity contribution is -0.155. The summed E-state index contributed by atoms with van der Waals surface area (Å²) >= 11 is 0. The first-order chi connectivity index (χ1) is 18.0. The fourth-order valence-corrected chi connectivity index (χ4v) is 4.51. The molecular weight excluding hydrogens is 476 g/mol. The van der Waals surface area contributed by atoms with Crippen LogP contribution in [0.1, 0.15) is 51.5 Å². The number of rotatable bonds is 10. The van der Waals surface area contributed by atoms with E-state index in [-0.39, 0.29) is 31.5 Å².